The number of H-pyrrole nitrogens is 1. The van der Waals surface area contributed by atoms with Crippen molar-refractivity contribution >= 4 is 17.3 Å². The van der Waals surface area contributed by atoms with E-state index in [0.717, 1.165) is 25.3 Å². The fraction of sp³-hybridized carbons (Fsp3) is 0.500. The highest BCUT2D eigenvalue weighted by Crippen LogP contribution is 1.87. The highest BCUT2D eigenvalue weighted by Gasteiger charge is 1.95. The molecular weight excluding hydrogens is 184 g/mol. The van der Waals surface area contributed by atoms with Gasteiger partial charge in [-0.15, -0.1) is 0 Å². The van der Waals surface area contributed by atoms with Crippen LogP contribution in [-0.4, -0.2) is 28.2 Å². The molecule has 0 saturated heterocycles. The van der Waals surface area contributed by atoms with Crippen molar-refractivity contribution in [2.24, 2.45) is 0 Å². The van der Waals surface area contributed by atoms with E-state index in [2.05, 4.69) is 20.6 Å². The molecule has 3 N–H and O–H groups in total. The number of nitrogens with zero attached hydrogens (tertiary/aromatic N) is 1. The average Bonchev–Trinajstić information content (AvgIpc) is 2.57. The smallest absolute Gasteiger partial charge is 0.166 e. The number of aromatic amines is 1. The molecule has 0 amide bonds. The number of hydrogen-bond acceptors (Lipinski definition) is 2. The Labute approximate surface area is 83.1 Å². The first kappa shape index (κ1) is 9.98. The van der Waals surface area contributed by atoms with Crippen LogP contribution in [0, 0.1) is 0 Å². The Bertz CT molecular complexity index is 245. The third-order valence-electron chi connectivity index (χ3n) is 1.54. The van der Waals surface area contributed by atoms with Crippen LogP contribution < -0.4 is 10.6 Å². The molecule has 0 atom stereocenters. The maximum atomic E-state index is 5.00. The van der Waals surface area contributed by atoms with Crippen molar-refractivity contribution in [1.82, 2.24) is 20.6 Å². The summed E-state index contributed by atoms with van der Waals surface area (Å²) in [5.41, 5.74) is 0. The molecule has 0 spiro atoms. The zero-order valence-corrected chi connectivity index (χ0v) is 8.45. The normalized spacial score (nSPS) is 9.62. The predicted octanol–water partition coefficient (Wildman–Crippen LogP) is 0.436. The molecule has 0 aromatic carbocycles. The zero-order chi connectivity index (χ0) is 9.52. The number of rotatable bonds is 4. The van der Waals surface area contributed by atoms with E-state index in [1.807, 2.05) is 13.1 Å². The van der Waals surface area contributed by atoms with Crippen LogP contribution in [-0.2, 0) is 6.42 Å². The van der Waals surface area contributed by atoms with E-state index in [-0.39, 0.29) is 0 Å². The quantitative estimate of drug-likeness (QED) is 0.614. The Morgan fingerprint density at radius 1 is 1.62 bits per heavy atom. The van der Waals surface area contributed by atoms with Crippen LogP contribution in [0.2, 0.25) is 0 Å². The summed E-state index contributed by atoms with van der Waals surface area (Å²) in [6, 6.07) is 0. The van der Waals surface area contributed by atoms with Gasteiger partial charge in [0, 0.05) is 31.9 Å². The van der Waals surface area contributed by atoms with Crippen LogP contribution in [0.25, 0.3) is 0 Å². The lowest BCUT2D eigenvalue weighted by atomic mass is 10.4. The topological polar surface area (TPSA) is 52.7 Å². The molecule has 0 aliphatic rings. The third-order valence-corrected chi connectivity index (χ3v) is 1.83. The molecule has 0 aliphatic carbocycles. The van der Waals surface area contributed by atoms with Crippen molar-refractivity contribution in [3.05, 3.63) is 18.2 Å². The van der Waals surface area contributed by atoms with Crippen LogP contribution in [0.3, 0.4) is 0 Å². The number of nitrogens with one attached hydrogen (secondary N) is 3. The summed E-state index contributed by atoms with van der Waals surface area (Å²) in [6.07, 6.45) is 4.43. The molecular formula is C8H14N4S. The summed E-state index contributed by atoms with van der Waals surface area (Å²) in [5.74, 6) is 0.979. The van der Waals surface area contributed by atoms with E-state index in [9.17, 15) is 0 Å². The van der Waals surface area contributed by atoms with E-state index < -0.39 is 0 Å². The molecule has 1 heterocycles. The second-order valence-electron chi connectivity index (χ2n) is 2.57. The van der Waals surface area contributed by atoms with Gasteiger partial charge >= 0.3 is 0 Å². The molecule has 0 bridgehead atoms. The Morgan fingerprint density at radius 2 is 2.46 bits per heavy atom. The van der Waals surface area contributed by atoms with Crippen LogP contribution in [0.5, 0.6) is 0 Å². The molecule has 0 fully saturated rings. The Balaban J connectivity index is 2.11. The Morgan fingerprint density at radius 3 is 3.08 bits per heavy atom. The summed E-state index contributed by atoms with van der Waals surface area (Å²) in [5, 5.41) is 6.80. The van der Waals surface area contributed by atoms with Crippen LogP contribution in [0.4, 0.5) is 0 Å². The summed E-state index contributed by atoms with van der Waals surface area (Å²) in [6.45, 7) is 3.67. The highest BCUT2D eigenvalue weighted by atomic mass is 32.1. The van der Waals surface area contributed by atoms with Crippen LogP contribution in [0.1, 0.15) is 12.7 Å². The lowest BCUT2D eigenvalue weighted by molar-refractivity contribution is 0.800. The van der Waals surface area contributed by atoms with E-state index in [0.29, 0.717) is 5.11 Å². The largest absolute Gasteiger partial charge is 0.363 e. The van der Waals surface area contributed by atoms with E-state index >= 15 is 0 Å². The van der Waals surface area contributed by atoms with Crippen molar-refractivity contribution in [3.8, 4) is 0 Å². The first-order valence-corrected chi connectivity index (χ1v) is 4.73. The molecule has 1 aromatic heterocycles. The maximum absolute atomic E-state index is 5.00. The summed E-state index contributed by atoms with van der Waals surface area (Å²) in [7, 11) is 0. The van der Waals surface area contributed by atoms with Gasteiger partial charge in [0.2, 0.25) is 0 Å². The number of aromatic nitrogens is 2. The Kier molecular flexibility index (Phi) is 4.25. The van der Waals surface area contributed by atoms with Gasteiger partial charge in [0.05, 0.1) is 0 Å². The molecule has 0 aliphatic heterocycles. The molecule has 0 radical (unpaired) electrons. The zero-order valence-electron chi connectivity index (χ0n) is 7.63. The third kappa shape index (κ3) is 3.89. The Hall–Kier alpha value is -1.10. The van der Waals surface area contributed by atoms with Gasteiger partial charge < -0.3 is 15.6 Å². The molecule has 72 valence electrons. The van der Waals surface area contributed by atoms with Gasteiger partial charge in [0.15, 0.2) is 5.11 Å². The fourth-order valence-corrected chi connectivity index (χ4v) is 1.20. The maximum Gasteiger partial charge on any atom is 0.166 e. The second kappa shape index (κ2) is 5.53. The van der Waals surface area contributed by atoms with Gasteiger partial charge in [-0.25, -0.2) is 4.98 Å². The molecule has 0 unspecified atom stereocenters. The molecule has 5 heteroatoms. The van der Waals surface area contributed by atoms with Crippen LogP contribution in [0.15, 0.2) is 12.4 Å². The number of thiocarbonyl (C=S) groups is 1. The summed E-state index contributed by atoms with van der Waals surface area (Å²) >= 11 is 5.00. The highest BCUT2D eigenvalue weighted by molar-refractivity contribution is 7.80. The minimum absolute atomic E-state index is 0.703. The van der Waals surface area contributed by atoms with Crippen molar-refractivity contribution in [3.63, 3.8) is 0 Å². The van der Waals surface area contributed by atoms with Crippen molar-refractivity contribution in [2.75, 3.05) is 13.1 Å². The molecule has 1 aromatic rings. The number of hydrogen-bond donors (Lipinski definition) is 3. The standard InChI is InChI=1S/C8H14N4S/c1-2-9-8(13)12-4-3-7-10-5-6-11-7/h5-6H,2-4H2,1H3,(H,10,11)(H2,9,12,13). The second-order valence-corrected chi connectivity index (χ2v) is 2.98. The van der Waals surface area contributed by atoms with E-state index in [4.69, 9.17) is 12.2 Å². The monoisotopic (exact) mass is 198 g/mol. The molecule has 0 saturated carbocycles. The minimum Gasteiger partial charge on any atom is -0.363 e. The van der Waals surface area contributed by atoms with E-state index in [1.165, 1.54) is 0 Å². The predicted molar refractivity (Wildman–Crippen MR) is 56.6 cm³/mol. The van der Waals surface area contributed by atoms with Gasteiger partial charge in [0.25, 0.3) is 0 Å². The average molecular weight is 198 g/mol. The van der Waals surface area contributed by atoms with Gasteiger partial charge in [-0.3, -0.25) is 0 Å². The van der Waals surface area contributed by atoms with E-state index in [1.54, 1.807) is 6.20 Å². The van der Waals surface area contributed by atoms with Crippen molar-refractivity contribution < 1.29 is 0 Å². The van der Waals surface area contributed by atoms with Gasteiger partial charge in [-0.05, 0) is 19.1 Å². The first-order chi connectivity index (χ1) is 6.33. The lowest BCUT2D eigenvalue weighted by Gasteiger charge is -2.06. The molecule has 1 rings (SSSR count). The molecule has 4 nitrogen and oxygen atoms in total. The number of imidazole rings is 1. The fourth-order valence-electron chi connectivity index (χ4n) is 0.952. The lowest BCUT2D eigenvalue weighted by Crippen LogP contribution is -2.36. The van der Waals surface area contributed by atoms with Gasteiger partial charge in [-0.1, -0.05) is 0 Å². The summed E-state index contributed by atoms with van der Waals surface area (Å²) < 4.78 is 0. The first-order valence-electron chi connectivity index (χ1n) is 4.33. The minimum atomic E-state index is 0.703. The molecule has 13 heavy (non-hydrogen) atoms. The van der Waals surface area contributed by atoms with Gasteiger partial charge in [0.1, 0.15) is 5.82 Å². The summed E-state index contributed by atoms with van der Waals surface area (Å²) in [4.78, 5) is 7.13. The van der Waals surface area contributed by atoms with Crippen molar-refractivity contribution in [1.29, 1.82) is 0 Å². The van der Waals surface area contributed by atoms with Crippen molar-refractivity contribution in [2.45, 2.75) is 13.3 Å². The SMILES string of the molecule is CCNC(=S)NCCc1ncc[nH]1. The van der Waals surface area contributed by atoms with Crippen LogP contribution >= 0.6 is 12.2 Å². The van der Waals surface area contributed by atoms with Gasteiger partial charge in [-0.2, -0.15) is 0 Å².